The molecule has 0 fully saturated rings. The summed E-state index contributed by atoms with van der Waals surface area (Å²) in [6, 6.07) is 21.7. The van der Waals surface area contributed by atoms with Crippen LogP contribution in [0.1, 0.15) is 15.4 Å². The predicted molar refractivity (Wildman–Crippen MR) is 148 cm³/mol. The van der Waals surface area contributed by atoms with Crippen LogP contribution in [0.5, 0.6) is 0 Å². The van der Waals surface area contributed by atoms with E-state index in [-0.39, 0.29) is 5.56 Å². The molecule has 5 rings (SSSR count). The summed E-state index contributed by atoms with van der Waals surface area (Å²) in [4.78, 5) is 21.2. The van der Waals surface area contributed by atoms with Gasteiger partial charge in [-0.15, -0.1) is 22.7 Å². The summed E-state index contributed by atoms with van der Waals surface area (Å²) in [6.45, 7) is 3.98. The van der Waals surface area contributed by atoms with Gasteiger partial charge in [0.2, 0.25) is 4.80 Å². The Morgan fingerprint density at radius 3 is 2.43 bits per heavy atom. The second kappa shape index (κ2) is 9.77. The van der Waals surface area contributed by atoms with E-state index in [1.807, 2.05) is 90.9 Å². The molecule has 0 unspecified atom stereocenters. The smallest absolute Gasteiger partial charge is 0.283 e. The Morgan fingerprint density at radius 2 is 1.71 bits per heavy atom. The summed E-state index contributed by atoms with van der Waals surface area (Å²) in [5.74, 6) is 0. The van der Waals surface area contributed by atoms with E-state index in [0.717, 1.165) is 32.0 Å². The van der Waals surface area contributed by atoms with Crippen molar-refractivity contribution < 1.29 is 0 Å². The zero-order valence-corrected chi connectivity index (χ0v) is 22.6. The van der Waals surface area contributed by atoms with E-state index >= 15 is 0 Å². The van der Waals surface area contributed by atoms with Crippen molar-refractivity contribution >= 4 is 50.5 Å². The molecule has 35 heavy (non-hydrogen) atoms. The molecule has 0 aliphatic rings. The number of benzene rings is 2. The highest BCUT2D eigenvalue weighted by Gasteiger charge is 2.17. The molecule has 0 saturated carbocycles. The summed E-state index contributed by atoms with van der Waals surface area (Å²) in [5.41, 5.74) is 3.69. The summed E-state index contributed by atoms with van der Waals surface area (Å²) in [7, 11) is 1.87. The normalized spacial score (nSPS) is 12.2. The van der Waals surface area contributed by atoms with Crippen molar-refractivity contribution in [3.05, 3.63) is 107 Å². The van der Waals surface area contributed by atoms with Gasteiger partial charge in [-0.2, -0.15) is 5.10 Å². The van der Waals surface area contributed by atoms with Gasteiger partial charge in [0.25, 0.3) is 5.56 Å². The fraction of sp³-hybridized carbons (Fsp3) is 0.115. The molecule has 0 spiro atoms. The number of thiophene rings is 1. The second-order valence-corrected chi connectivity index (χ2v) is 10.9. The highest BCUT2D eigenvalue weighted by atomic mass is 79.9. The standard InChI is InChI=1S/C26H22BrN5OS2/c1-17-13-14-20(35-17)15-28-31-23(21-11-7-8-12-22(21)27)16-34-26(31)29-24-18(2)30(3)32(25(24)33)19-9-5-4-6-10-19/h4-16H,1-3H3. The maximum atomic E-state index is 13.4. The number of halogens is 1. The Bertz CT molecular complexity index is 1670. The molecule has 6 nitrogen and oxygen atoms in total. The van der Waals surface area contributed by atoms with Crippen LogP contribution in [0.2, 0.25) is 0 Å². The Kier molecular flexibility index (Phi) is 6.55. The third-order valence-corrected chi connectivity index (χ3v) is 8.07. The first-order chi connectivity index (χ1) is 16.9. The van der Waals surface area contributed by atoms with Crippen LogP contribution in [0.4, 0.5) is 5.69 Å². The summed E-state index contributed by atoms with van der Waals surface area (Å²) in [6.07, 6.45) is 1.84. The highest BCUT2D eigenvalue weighted by molar-refractivity contribution is 9.10. The van der Waals surface area contributed by atoms with Crippen LogP contribution >= 0.6 is 38.6 Å². The molecule has 9 heteroatoms. The molecule has 0 aliphatic carbocycles. The maximum Gasteiger partial charge on any atom is 0.297 e. The van der Waals surface area contributed by atoms with Crippen LogP contribution in [-0.4, -0.2) is 20.3 Å². The van der Waals surface area contributed by atoms with E-state index in [2.05, 4.69) is 28.9 Å². The lowest BCUT2D eigenvalue weighted by molar-refractivity contribution is 0.630. The minimum atomic E-state index is -0.170. The topological polar surface area (TPSA) is 56.6 Å². The highest BCUT2D eigenvalue weighted by Crippen LogP contribution is 2.29. The van der Waals surface area contributed by atoms with Crippen molar-refractivity contribution in [3.63, 3.8) is 0 Å². The van der Waals surface area contributed by atoms with E-state index in [4.69, 9.17) is 10.1 Å². The molecule has 0 atom stereocenters. The van der Waals surface area contributed by atoms with Gasteiger partial charge in [-0.1, -0.05) is 52.3 Å². The lowest BCUT2D eigenvalue weighted by atomic mass is 10.2. The van der Waals surface area contributed by atoms with Gasteiger partial charge in [-0.25, -0.2) is 14.4 Å². The van der Waals surface area contributed by atoms with Crippen molar-refractivity contribution in [2.75, 3.05) is 0 Å². The summed E-state index contributed by atoms with van der Waals surface area (Å²) in [5, 5.41) is 6.81. The molecule has 0 aliphatic heterocycles. The number of hydrogen-bond donors (Lipinski definition) is 0. The van der Waals surface area contributed by atoms with Gasteiger partial charge in [0.05, 0.1) is 23.3 Å². The fourth-order valence-electron chi connectivity index (χ4n) is 3.76. The van der Waals surface area contributed by atoms with Crippen LogP contribution in [0.25, 0.3) is 16.9 Å². The molecule has 2 aromatic carbocycles. The van der Waals surface area contributed by atoms with Gasteiger partial charge in [0, 0.05) is 32.2 Å². The largest absolute Gasteiger partial charge is 0.297 e. The molecule has 0 amide bonds. The van der Waals surface area contributed by atoms with Crippen LogP contribution in [-0.2, 0) is 7.05 Å². The Hall–Kier alpha value is -3.27. The van der Waals surface area contributed by atoms with E-state index in [1.165, 1.54) is 16.2 Å². The van der Waals surface area contributed by atoms with Gasteiger partial charge in [0.15, 0.2) is 5.69 Å². The molecule has 3 heterocycles. The van der Waals surface area contributed by atoms with E-state index in [0.29, 0.717) is 10.5 Å². The number of thiazole rings is 1. The monoisotopic (exact) mass is 563 g/mol. The average Bonchev–Trinajstić information content (AvgIpc) is 3.52. The Labute approximate surface area is 218 Å². The van der Waals surface area contributed by atoms with Crippen molar-refractivity contribution in [2.45, 2.75) is 13.8 Å². The fourth-order valence-corrected chi connectivity index (χ4v) is 5.82. The second-order valence-electron chi connectivity index (χ2n) is 7.91. The molecule has 5 aromatic rings. The third kappa shape index (κ3) is 4.54. The Balaban J connectivity index is 1.71. The zero-order chi connectivity index (χ0) is 24.5. The van der Waals surface area contributed by atoms with E-state index in [1.54, 1.807) is 20.7 Å². The number of nitrogens with zero attached hydrogens (tertiary/aromatic N) is 5. The number of hydrogen-bond acceptors (Lipinski definition) is 5. The number of para-hydroxylation sites is 1. The molecule has 0 saturated heterocycles. The minimum absolute atomic E-state index is 0.170. The molecule has 176 valence electrons. The van der Waals surface area contributed by atoms with Crippen molar-refractivity contribution in [1.82, 2.24) is 14.0 Å². The van der Waals surface area contributed by atoms with Gasteiger partial charge in [-0.3, -0.25) is 9.48 Å². The lowest BCUT2D eigenvalue weighted by Crippen LogP contribution is -2.19. The van der Waals surface area contributed by atoms with Crippen LogP contribution < -0.4 is 10.4 Å². The SMILES string of the molecule is Cc1ccc(C=Nn2c(-c3ccccc3Br)csc2=Nc2c(C)n(C)n(-c3ccccc3)c2=O)s1. The molecular formula is C26H22BrN5OS2. The molecule has 0 bridgehead atoms. The van der Waals surface area contributed by atoms with E-state index in [9.17, 15) is 4.79 Å². The average molecular weight is 565 g/mol. The molecular weight excluding hydrogens is 542 g/mol. The predicted octanol–water partition coefficient (Wildman–Crippen LogP) is 6.26. The number of rotatable bonds is 5. The van der Waals surface area contributed by atoms with Gasteiger partial charge in [-0.05, 0) is 44.2 Å². The minimum Gasteiger partial charge on any atom is -0.283 e. The van der Waals surface area contributed by atoms with Crippen molar-refractivity contribution in [1.29, 1.82) is 0 Å². The number of aryl methyl sites for hydroxylation is 1. The van der Waals surface area contributed by atoms with Crippen molar-refractivity contribution in [2.24, 2.45) is 17.1 Å². The van der Waals surface area contributed by atoms with Gasteiger partial charge < -0.3 is 0 Å². The van der Waals surface area contributed by atoms with Crippen molar-refractivity contribution in [3.8, 4) is 16.9 Å². The maximum absolute atomic E-state index is 13.4. The molecule has 0 radical (unpaired) electrons. The lowest BCUT2D eigenvalue weighted by Gasteiger charge is -2.07. The zero-order valence-electron chi connectivity index (χ0n) is 19.3. The van der Waals surface area contributed by atoms with Gasteiger partial charge in [0.1, 0.15) is 0 Å². The summed E-state index contributed by atoms with van der Waals surface area (Å²) < 4.78 is 6.24. The van der Waals surface area contributed by atoms with Gasteiger partial charge >= 0.3 is 0 Å². The van der Waals surface area contributed by atoms with Crippen LogP contribution in [0.3, 0.4) is 0 Å². The first-order valence-electron chi connectivity index (χ1n) is 10.9. The first kappa shape index (κ1) is 23.5. The van der Waals surface area contributed by atoms with Crippen LogP contribution in [0.15, 0.2) is 91.5 Å². The molecule has 0 N–H and O–H groups in total. The Morgan fingerprint density at radius 1 is 0.971 bits per heavy atom. The molecule has 3 aromatic heterocycles. The third-order valence-electron chi connectivity index (χ3n) is 5.63. The first-order valence-corrected chi connectivity index (χ1v) is 13.4. The summed E-state index contributed by atoms with van der Waals surface area (Å²) >= 11 is 6.79. The number of aromatic nitrogens is 3. The van der Waals surface area contributed by atoms with Crippen LogP contribution in [0, 0.1) is 13.8 Å². The quantitative estimate of drug-likeness (QED) is 0.233. The van der Waals surface area contributed by atoms with E-state index < -0.39 is 0 Å².